The minimum absolute atomic E-state index is 0.327. The van der Waals surface area contributed by atoms with Crippen LogP contribution < -0.4 is 0 Å². The van der Waals surface area contributed by atoms with Gasteiger partial charge in [-0.3, -0.25) is 4.98 Å². The van der Waals surface area contributed by atoms with Crippen molar-refractivity contribution < 1.29 is 9.53 Å². The molecule has 2 heterocycles. The highest BCUT2D eigenvalue weighted by Crippen LogP contribution is 2.40. The summed E-state index contributed by atoms with van der Waals surface area (Å²) in [7, 11) is 1.41. The first-order valence-electron chi connectivity index (χ1n) is 11.1. The zero-order valence-corrected chi connectivity index (χ0v) is 19.9. The fourth-order valence-corrected chi connectivity index (χ4v) is 5.29. The molecule has 0 aliphatic heterocycles. The lowest BCUT2D eigenvalue weighted by Gasteiger charge is -2.10. The van der Waals surface area contributed by atoms with E-state index in [-0.39, 0.29) is 5.97 Å². The first kappa shape index (κ1) is 22.0. The predicted octanol–water partition coefficient (Wildman–Crippen LogP) is 7.00. The van der Waals surface area contributed by atoms with Crippen molar-refractivity contribution in [3.8, 4) is 11.1 Å². The van der Waals surface area contributed by atoms with Crippen molar-refractivity contribution >= 4 is 28.6 Å². The Kier molecular flexibility index (Phi) is 6.19. The highest BCUT2D eigenvalue weighted by Gasteiger charge is 2.17. The Morgan fingerprint density at radius 3 is 2.56 bits per heavy atom. The number of benzene rings is 3. The SMILES string of the molecule is COC(=O)c1cccc(Sc2c(C)n(Cc3ccccc3)c3cc(-c4cccnc4)ccc23)c1. The van der Waals surface area contributed by atoms with Gasteiger partial charge in [0.15, 0.2) is 0 Å². The third-order valence-electron chi connectivity index (χ3n) is 5.92. The number of pyridine rings is 1. The third-order valence-corrected chi connectivity index (χ3v) is 7.13. The lowest BCUT2D eigenvalue weighted by atomic mass is 10.1. The summed E-state index contributed by atoms with van der Waals surface area (Å²) in [6.45, 7) is 2.95. The summed E-state index contributed by atoms with van der Waals surface area (Å²) < 4.78 is 7.28. The van der Waals surface area contributed by atoms with E-state index in [2.05, 4.69) is 65.0 Å². The van der Waals surface area contributed by atoms with Gasteiger partial charge in [-0.1, -0.05) is 66.4 Å². The molecule has 0 atom stereocenters. The van der Waals surface area contributed by atoms with Gasteiger partial charge in [0, 0.05) is 45.4 Å². The maximum absolute atomic E-state index is 12.0. The fourth-order valence-electron chi connectivity index (χ4n) is 4.18. The number of hydrogen-bond acceptors (Lipinski definition) is 4. The number of carbonyl (C=O) groups is 1. The first-order valence-corrected chi connectivity index (χ1v) is 11.9. The van der Waals surface area contributed by atoms with Crippen molar-refractivity contribution in [2.45, 2.75) is 23.3 Å². The van der Waals surface area contributed by atoms with E-state index in [1.807, 2.05) is 36.5 Å². The topological polar surface area (TPSA) is 44.1 Å². The summed E-state index contributed by atoms with van der Waals surface area (Å²) in [5.74, 6) is -0.327. The molecular weight excluding hydrogens is 440 g/mol. The molecule has 0 bridgehead atoms. The molecule has 5 heteroatoms. The quantitative estimate of drug-likeness (QED) is 0.254. The van der Waals surface area contributed by atoms with Gasteiger partial charge < -0.3 is 9.30 Å². The molecule has 4 nitrogen and oxygen atoms in total. The van der Waals surface area contributed by atoms with Crippen molar-refractivity contribution in [1.29, 1.82) is 0 Å². The molecule has 2 aromatic heterocycles. The van der Waals surface area contributed by atoms with Crippen LogP contribution in [-0.2, 0) is 11.3 Å². The number of rotatable bonds is 6. The van der Waals surface area contributed by atoms with Crippen LogP contribution in [-0.4, -0.2) is 22.6 Å². The molecule has 5 aromatic rings. The Hall–Kier alpha value is -3.83. The first-order chi connectivity index (χ1) is 16.6. The Morgan fingerprint density at radius 2 is 1.79 bits per heavy atom. The van der Waals surface area contributed by atoms with Crippen LogP contribution in [0.2, 0.25) is 0 Å². The molecule has 0 unspecified atom stereocenters. The Labute approximate surface area is 203 Å². The van der Waals surface area contributed by atoms with Gasteiger partial charge in [-0.2, -0.15) is 0 Å². The van der Waals surface area contributed by atoms with Crippen LogP contribution in [0, 0.1) is 6.92 Å². The van der Waals surface area contributed by atoms with Crippen LogP contribution in [0.5, 0.6) is 0 Å². The summed E-state index contributed by atoms with van der Waals surface area (Å²) in [4.78, 5) is 18.5. The van der Waals surface area contributed by atoms with E-state index in [0.717, 1.165) is 22.6 Å². The molecular formula is C29H24N2O2S. The van der Waals surface area contributed by atoms with Gasteiger partial charge in [-0.25, -0.2) is 4.79 Å². The van der Waals surface area contributed by atoms with Gasteiger partial charge in [-0.05, 0) is 48.4 Å². The lowest BCUT2D eigenvalue weighted by Crippen LogP contribution is -2.02. The minimum atomic E-state index is -0.327. The van der Waals surface area contributed by atoms with Crippen LogP contribution in [0.4, 0.5) is 0 Å². The predicted molar refractivity (Wildman–Crippen MR) is 137 cm³/mol. The van der Waals surface area contributed by atoms with E-state index in [4.69, 9.17) is 4.74 Å². The second kappa shape index (κ2) is 9.57. The van der Waals surface area contributed by atoms with Gasteiger partial charge in [0.25, 0.3) is 0 Å². The van der Waals surface area contributed by atoms with Crippen molar-refractivity contribution in [3.63, 3.8) is 0 Å². The van der Waals surface area contributed by atoms with E-state index in [1.165, 1.54) is 34.2 Å². The van der Waals surface area contributed by atoms with E-state index in [1.54, 1.807) is 24.0 Å². The van der Waals surface area contributed by atoms with Crippen molar-refractivity contribution in [2.75, 3.05) is 7.11 Å². The third kappa shape index (κ3) is 4.35. The van der Waals surface area contributed by atoms with Gasteiger partial charge in [0.1, 0.15) is 0 Å². The van der Waals surface area contributed by atoms with Crippen LogP contribution in [0.1, 0.15) is 21.6 Å². The molecule has 0 aliphatic carbocycles. The standard InChI is InChI=1S/C29H24N2O2S/c1-20-28(34-25-12-6-10-23(16-25)29(32)33-2)26-14-13-22(24-11-7-15-30-18-24)17-27(26)31(20)19-21-8-4-3-5-9-21/h3-18H,19H2,1-2H3. The lowest BCUT2D eigenvalue weighted by molar-refractivity contribution is 0.0600. The van der Waals surface area contributed by atoms with Gasteiger partial charge in [0.2, 0.25) is 0 Å². The average molecular weight is 465 g/mol. The van der Waals surface area contributed by atoms with E-state index in [0.29, 0.717) is 5.56 Å². The highest BCUT2D eigenvalue weighted by molar-refractivity contribution is 7.99. The maximum atomic E-state index is 12.0. The molecule has 0 fully saturated rings. The second-order valence-corrected chi connectivity index (χ2v) is 9.17. The fraction of sp³-hybridized carbons (Fsp3) is 0.103. The molecule has 0 N–H and O–H groups in total. The largest absolute Gasteiger partial charge is 0.465 e. The van der Waals surface area contributed by atoms with E-state index >= 15 is 0 Å². The number of methoxy groups -OCH3 is 1. The van der Waals surface area contributed by atoms with Crippen LogP contribution in [0.3, 0.4) is 0 Å². The van der Waals surface area contributed by atoms with Gasteiger partial charge >= 0.3 is 5.97 Å². The number of aromatic nitrogens is 2. The zero-order chi connectivity index (χ0) is 23.5. The summed E-state index contributed by atoms with van der Waals surface area (Å²) in [6.07, 6.45) is 3.69. The Morgan fingerprint density at radius 1 is 0.941 bits per heavy atom. The van der Waals surface area contributed by atoms with Crippen LogP contribution in [0.15, 0.2) is 107 Å². The highest BCUT2D eigenvalue weighted by atomic mass is 32.2. The van der Waals surface area contributed by atoms with E-state index < -0.39 is 0 Å². The Bertz CT molecular complexity index is 1460. The number of nitrogens with zero attached hydrogens (tertiary/aromatic N) is 2. The zero-order valence-electron chi connectivity index (χ0n) is 19.1. The second-order valence-electron chi connectivity index (χ2n) is 8.08. The van der Waals surface area contributed by atoms with Crippen molar-refractivity contribution in [3.05, 3.63) is 114 Å². The van der Waals surface area contributed by atoms with Crippen LogP contribution in [0.25, 0.3) is 22.0 Å². The average Bonchev–Trinajstić information content (AvgIpc) is 3.14. The molecule has 0 aliphatic rings. The summed E-state index contributed by atoms with van der Waals surface area (Å²) in [6, 6.07) is 28.7. The number of hydrogen-bond donors (Lipinski definition) is 0. The summed E-state index contributed by atoms with van der Waals surface area (Å²) >= 11 is 1.68. The monoisotopic (exact) mass is 464 g/mol. The van der Waals surface area contributed by atoms with Crippen molar-refractivity contribution in [1.82, 2.24) is 9.55 Å². The molecule has 34 heavy (non-hydrogen) atoms. The number of fused-ring (bicyclic) bond motifs is 1. The van der Waals surface area contributed by atoms with Gasteiger partial charge in [0.05, 0.1) is 18.2 Å². The molecule has 0 saturated heterocycles. The smallest absolute Gasteiger partial charge is 0.337 e. The number of carbonyl (C=O) groups excluding carboxylic acids is 1. The molecule has 0 amide bonds. The van der Waals surface area contributed by atoms with E-state index in [9.17, 15) is 4.79 Å². The normalized spacial score (nSPS) is 11.0. The molecule has 0 saturated carbocycles. The molecule has 168 valence electrons. The summed E-state index contributed by atoms with van der Waals surface area (Å²) in [5, 5.41) is 1.19. The Balaban J connectivity index is 1.63. The summed E-state index contributed by atoms with van der Waals surface area (Å²) in [5.41, 5.74) is 6.40. The van der Waals surface area contributed by atoms with Gasteiger partial charge in [-0.15, -0.1) is 0 Å². The molecule has 3 aromatic carbocycles. The molecule has 0 spiro atoms. The van der Waals surface area contributed by atoms with Crippen molar-refractivity contribution in [2.24, 2.45) is 0 Å². The molecule has 0 radical (unpaired) electrons. The van der Waals surface area contributed by atoms with Crippen LogP contribution >= 0.6 is 11.8 Å². The number of esters is 1. The molecule has 5 rings (SSSR count). The minimum Gasteiger partial charge on any atom is -0.465 e. The maximum Gasteiger partial charge on any atom is 0.337 e. The number of ether oxygens (including phenoxy) is 1.